The fraction of sp³-hybridized carbons (Fsp3) is 0.538. The van der Waals surface area contributed by atoms with E-state index >= 15 is 0 Å². The maximum atomic E-state index is 12.3. The SMILES string of the molecule is CC1CCC(NS(=O)(=O)c2ccc(O)c([N+](=O)[O-])c2)C1C. The molecule has 0 heterocycles. The Kier molecular flexibility index (Phi) is 4.20. The van der Waals surface area contributed by atoms with E-state index in [1.165, 1.54) is 0 Å². The van der Waals surface area contributed by atoms with Crippen LogP contribution in [0.15, 0.2) is 23.1 Å². The van der Waals surface area contributed by atoms with Gasteiger partial charge in [0.05, 0.1) is 9.82 Å². The average Bonchev–Trinajstić information content (AvgIpc) is 2.70. The molecule has 0 aromatic heterocycles. The number of benzene rings is 1. The highest BCUT2D eigenvalue weighted by Crippen LogP contribution is 2.33. The van der Waals surface area contributed by atoms with Crippen molar-refractivity contribution in [1.82, 2.24) is 4.72 Å². The van der Waals surface area contributed by atoms with E-state index in [1.807, 2.05) is 6.92 Å². The molecule has 3 unspecified atom stereocenters. The van der Waals surface area contributed by atoms with Crippen molar-refractivity contribution in [1.29, 1.82) is 0 Å². The van der Waals surface area contributed by atoms with Crippen LogP contribution in [0.2, 0.25) is 0 Å². The van der Waals surface area contributed by atoms with Gasteiger partial charge in [-0.25, -0.2) is 13.1 Å². The Hall–Kier alpha value is -1.67. The molecule has 0 spiro atoms. The second-order valence-corrected chi connectivity index (χ2v) is 7.26. The van der Waals surface area contributed by atoms with Gasteiger partial charge in [-0.15, -0.1) is 0 Å². The molecule has 0 aliphatic heterocycles. The quantitative estimate of drug-likeness (QED) is 0.652. The monoisotopic (exact) mass is 314 g/mol. The van der Waals surface area contributed by atoms with Crippen LogP contribution in [0.25, 0.3) is 0 Å². The summed E-state index contributed by atoms with van der Waals surface area (Å²) in [5.41, 5.74) is -0.620. The zero-order valence-electron chi connectivity index (χ0n) is 11.8. The zero-order valence-corrected chi connectivity index (χ0v) is 12.6. The summed E-state index contributed by atoms with van der Waals surface area (Å²) in [4.78, 5) is 9.75. The Morgan fingerprint density at radius 2 is 2.00 bits per heavy atom. The Balaban J connectivity index is 2.28. The van der Waals surface area contributed by atoms with Crippen LogP contribution in [-0.2, 0) is 10.0 Å². The van der Waals surface area contributed by atoms with Crippen LogP contribution >= 0.6 is 0 Å². The van der Waals surface area contributed by atoms with Gasteiger partial charge in [0.15, 0.2) is 5.75 Å². The predicted molar refractivity (Wildman–Crippen MR) is 76.4 cm³/mol. The van der Waals surface area contributed by atoms with E-state index in [9.17, 15) is 23.6 Å². The third-order valence-electron chi connectivity index (χ3n) is 4.23. The fourth-order valence-electron chi connectivity index (χ4n) is 2.62. The second kappa shape index (κ2) is 5.61. The van der Waals surface area contributed by atoms with E-state index in [0.29, 0.717) is 5.92 Å². The predicted octanol–water partition coefficient (Wildman–Crippen LogP) is 2.01. The smallest absolute Gasteiger partial charge is 0.312 e. The number of hydrogen-bond acceptors (Lipinski definition) is 5. The normalized spacial score (nSPS) is 25.9. The molecule has 3 atom stereocenters. The number of nitrogens with zero attached hydrogens (tertiary/aromatic N) is 1. The van der Waals surface area contributed by atoms with E-state index in [-0.39, 0.29) is 16.9 Å². The summed E-state index contributed by atoms with van der Waals surface area (Å²) in [6, 6.07) is 2.89. The fourth-order valence-corrected chi connectivity index (χ4v) is 4.00. The average molecular weight is 314 g/mol. The number of hydrogen-bond donors (Lipinski definition) is 2. The molecular weight excluding hydrogens is 296 g/mol. The molecule has 0 bridgehead atoms. The van der Waals surface area contributed by atoms with Gasteiger partial charge < -0.3 is 5.11 Å². The van der Waals surface area contributed by atoms with Crippen molar-refractivity contribution >= 4 is 15.7 Å². The molecule has 0 saturated heterocycles. The standard InChI is InChI=1S/C13H18N2O5S/c1-8-3-5-11(9(8)2)14-21(19,20)10-4-6-13(16)12(7-10)15(17)18/h4,6-9,11,14,16H,3,5H2,1-2H3. The first-order valence-corrected chi connectivity index (χ1v) is 8.20. The van der Waals surface area contributed by atoms with Crippen molar-refractivity contribution in [3.63, 3.8) is 0 Å². The molecule has 1 aliphatic carbocycles. The van der Waals surface area contributed by atoms with Crippen LogP contribution in [0, 0.1) is 22.0 Å². The Labute approximate surface area is 123 Å². The van der Waals surface area contributed by atoms with Crippen molar-refractivity contribution in [2.75, 3.05) is 0 Å². The molecule has 1 aliphatic rings. The minimum Gasteiger partial charge on any atom is -0.502 e. The van der Waals surface area contributed by atoms with Crippen molar-refractivity contribution in [2.24, 2.45) is 11.8 Å². The maximum Gasteiger partial charge on any atom is 0.312 e. The number of phenolic OH excluding ortho intramolecular Hbond substituents is 1. The highest BCUT2D eigenvalue weighted by atomic mass is 32.2. The summed E-state index contributed by atoms with van der Waals surface area (Å²) >= 11 is 0. The number of rotatable bonds is 4. The molecular formula is C13H18N2O5S. The van der Waals surface area contributed by atoms with E-state index in [4.69, 9.17) is 0 Å². The second-order valence-electron chi connectivity index (χ2n) is 5.55. The number of nitrogens with one attached hydrogen (secondary N) is 1. The largest absolute Gasteiger partial charge is 0.502 e. The van der Waals surface area contributed by atoms with Crippen molar-refractivity contribution in [3.05, 3.63) is 28.3 Å². The molecule has 0 radical (unpaired) electrons. The minimum absolute atomic E-state index is 0.169. The molecule has 2 rings (SSSR count). The van der Waals surface area contributed by atoms with E-state index in [1.54, 1.807) is 0 Å². The zero-order chi connectivity index (χ0) is 15.8. The van der Waals surface area contributed by atoms with Crippen LogP contribution in [0.1, 0.15) is 26.7 Å². The lowest BCUT2D eigenvalue weighted by Gasteiger charge is -2.19. The Morgan fingerprint density at radius 1 is 1.33 bits per heavy atom. The first-order chi connectivity index (χ1) is 9.72. The summed E-state index contributed by atoms with van der Waals surface area (Å²) in [5.74, 6) is 0.0977. The molecule has 1 aromatic rings. The van der Waals surface area contributed by atoms with Gasteiger partial charge in [0.25, 0.3) is 0 Å². The van der Waals surface area contributed by atoms with Crippen LogP contribution in [0.4, 0.5) is 5.69 Å². The topological polar surface area (TPSA) is 110 Å². The summed E-state index contributed by atoms with van der Waals surface area (Å²) in [5, 5.41) is 20.1. The molecule has 8 heteroatoms. The van der Waals surface area contributed by atoms with Crippen molar-refractivity contribution < 1.29 is 18.4 Å². The van der Waals surface area contributed by atoms with E-state index < -0.39 is 26.4 Å². The first kappa shape index (κ1) is 15.7. The molecule has 1 saturated carbocycles. The highest BCUT2D eigenvalue weighted by Gasteiger charge is 2.33. The Morgan fingerprint density at radius 3 is 2.52 bits per heavy atom. The Bertz CT molecular complexity index is 659. The van der Waals surface area contributed by atoms with Crippen LogP contribution < -0.4 is 4.72 Å². The molecule has 1 fully saturated rings. The molecule has 1 aromatic carbocycles. The van der Waals surface area contributed by atoms with E-state index in [2.05, 4.69) is 11.6 Å². The lowest BCUT2D eigenvalue weighted by Crippen LogP contribution is -2.37. The van der Waals surface area contributed by atoms with E-state index in [0.717, 1.165) is 31.0 Å². The third kappa shape index (κ3) is 3.16. The van der Waals surface area contributed by atoms with Gasteiger partial charge in [-0.1, -0.05) is 13.8 Å². The lowest BCUT2D eigenvalue weighted by molar-refractivity contribution is -0.386. The maximum absolute atomic E-state index is 12.3. The van der Waals surface area contributed by atoms with Gasteiger partial charge in [0.2, 0.25) is 10.0 Å². The van der Waals surface area contributed by atoms with Gasteiger partial charge in [-0.3, -0.25) is 10.1 Å². The van der Waals surface area contributed by atoms with Crippen molar-refractivity contribution in [2.45, 2.75) is 37.6 Å². The number of phenols is 1. The summed E-state index contributed by atoms with van der Waals surface area (Å²) in [7, 11) is -3.84. The van der Waals surface area contributed by atoms with Gasteiger partial charge >= 0.3 is 5.69 Å². The van der Waals surface area contributed by atoms with Crippen LogP contribution in [0.3, 0.4) is 0 Å². The molecule has 2 N–H and O–H groups in total. The number of sulfonamides is 1. The molecule has 116 valence electrons. The number of nitro benzene ring substituents is 1. The van der Waals surface area contributed by atoms with Crippen LogP contribution in [0.5, 0.6) is 5.75 Å². The van der Waals surface area contributed by atoms with Gasteiger partial charge in [0, 0.05) is 12.1 Å². The van der Waals surface area contributed by atoms with Crippen LogP contribution in [-0.4, -0.2) is 24.5 Å². The summed E-state index contributed by atoms with van der Waals surface area (Å²) < 4.78 is 27.2. The van der Waals surface area contributed by atoms with Gasteiger partial charge in [0.1, 0.15) is 0 Å². The molecule has 0 amide bonds. The van der Waals surface area contributed by atoms with Gasteiger partial charge in [-0.2, -0.15) is 0 Å². The highest BCUT2D eigenvalue weighted by molar-refractivity contribution is 7.89. The summed E-state index contributed by atoms with van der Waals surface area (Å²) in [6.45, 7) is 4.06. The first-order valence-electron chi connectivity index (χ1n) is 6.72. The molecule has 21 heavy (non-hydrogen) atoms. The number of nitro groups is 1. The van der Waals surface area contributed by atoms with Crippen molar-refractivity contribution in [3.8, 4) is 5.75 Å². The summed E-state index contributed by atoms with van der Waals surface area (Å²) in [6.07, 6.45) is 1.70. The van der Waals surface area contributed by atoms with Gasteiger partial charge in [-0.05, 0) is 36.8 Å². The lowest BCUT2D eigenvalue weighted by atomic mass is 9.98. The third-order valence-corrected chi connectivity index (χ3v) is 5.71. The number of aromatic hydroxyl groups is 1. The minimum atomic E-state index is -3.84. The molecule has 7 nitrogen and oxygen atoms in total.